The molecule has 3 nitrogen and oxygen atoms in total. The molecule has 1 fully saturated rings. The summed E-state index contributed by atoms with van der Waals surface area (Å²) in [7, 11) is 2.23. The van der Waals surface area contributed by atoms with Crippen molar-refractivity contribution in [2.45, 2.75) is 26.7 Å². The average Bonchev–Trinajstić information content (AvgIpc) is 2.74. The van der Waals surface area contributed by atoms with Gasteiger partial charge >= 0.3 is 0 Å². The molecular formula is C13H29N3. The van der Waals surface area contributed by atoms with Crippen molar-refractivity contribution >= 4 is 0 Å². The third-order valence-corrected chi connectivity index (χ3v) is 3.22. The molecule has 1 saturated heterocycles. The van der Waals surface area contributed by atoms with Gasteiger partial charge in [0.25, 0.3) is 0 Å². The zero-order valence-electron chi connectivity index (χ0n) is 11.3. The van der Waals surface area contributed by atoms with E-state index in [9.17, 15) is 0 Å². The lowest BCUT2D eigenvalue weighted by Crippen LogP contribution is -2.36. The van der Waals surface area contributed by atoms with E-state index in [0.29, 0.717) is 0 Å². The molecule has 0 bridgehead atoms. The van der Waals surface area contributed by atoms with Crippen molar-refractivity contribution < 1.29 is 0 Å². The normalized spacial score (nSPS) is 17.8. The van der Waals surface area contributed by atoms with E-state index >= 15 is 0 Å². The van der Waals surface area contributed by atoms with Crippen molar-refractivity contribution in [3.05, 3.63) is 0 Å². The highest BCUT2D eigenvalue weighted by atomic mass is 15.2. The maximum Gasteiger partial charge on any atom is 0.0109 e. The molecule has 3 heteroatoms. The van der Waals surface area contributed by atoms with Gasteiger partial charge in [-0.2, -0.15) is 0 Å². The number of hydrogen-bond acceptors (Lipinski definition) is 3. The third kappa shape index (κ3) is 6.46. The maximum absolute atomic E-state index is 3.49. The van der Waals surface area contributed by atoms with Crippen molar-refractivity contribution in [3.63, 3.8) is 0 Å². The van der Waals surface area contributed by atoms with E-state index in [1.54, 1.807) is 0 Å². The smallest absolute Gasteiger partial charge is 0.0109 e. The van der Waals surface area contributed by atoms with Crippen molar-refractivity contribution in [2.75, 3.05) is 52.9 Å². The minimum atomic E-state index is 0.759. The van der Waals surface area contributed by atoms with Crippen LogP contribution in [0.15, 0.2) is 0 Å². The molecule has 0 saturated carbocycles. The van der Waals surface area contributed by atoms with Crippen LogP contribution in [-0.2, 0) is 0 Å². The summed E-state index contributed by atoms with van der Waals surface area (Å²) in [6, 6.07) is 0. The fraction of sp³-hybridized carbons (Fsp3) is 1.00. The Balaban J connectivity index is 1.91. The Bertz CT molecular complexity index is 165. The van der Waals surface area contributed by atoms with Crippen molar-refractivity contribution in [3.8, 4) is 0 Å². The lowest BCUT2D eigenvalue weighted by molar-refractivity contribution is 0.256. The second-order valence-corrected chi connectivity index (χ2v) is 5.45. The van der Waals surface area contributed by atoms with Crippen LogP contribution in [0.4, 0.5) is 0 Å². The van der Waals surface area contributed by atoms with E-state index in [4.69, 9.17) is 0 Å². The molecule has 1 aliphatic heterocycles. The molecule has 1 rings (SSSR count). The second-order valence-electron chi connectivity index (χ2n) is 5.45. The minimum Gasteiger partial charge on any atom is -0.315 e. The summed E-state index contributed by atoms with van der Waals surface area (Å²) >= 11 is 0. The Morgan fingerprint density at radius 2 is 1.88 bits per heavy atom. The molecule has 0 unspecified atom stereocenters. The predicted octanol–water partition coefficient (Wildman–Crippen LogP) is 1.26. The molecular weight excluding hydrogens is 198 g/mol. The summed E-state index contributed by atoms with van der Waals surface area (Å²) < 4.78 is 0. The Hall–Kier alpha value is -0.120. The van der Waals surface area contributed by atoms with Crippen LogP contribution >= 0.6 is 0 Å². The molecule has 0 atom stereocenters. The van der Waals surface area contributed by atoms with E-state index in [1.807, 2.05) is 0 Å². The lowest BCUT2D eigenvalue weighted by Gasteiger charge is -2.21. The predicted molar refractivity (Wildman–Crippen MR) is 70.9 cm³/mol. The maximum atomic E-state index is 3.49. The van der Waals surface area contributed by atoms with Gasteiger partial charge in [-0.15, -0.1) is 0 Å². The number of hydrogen-bond donors (Lipinski definition) is 1. The fourth-order valence-corrected chi connectivity index (χ4v) is 2.09. The van der Waals surface area contributed by atoms with E-state index in [-0.39, 0.29) is 0 Å². The minimum absolute atomic E-state index is 0.759. The molecule has 0 radical (unpaired) electrons. The zero-order chi connectivity index (χ0) is 11.8. The van der Waals surface area contributed by atoms with Crippen molar-refractivity contribution in [1.82, 2.24) is 15.1 Å². The van der Waals surface area contributed by atoms with Crippen molar-refractivity contribution in [2.24, 2.45) is 5.92 Å². The molecule has 0 aromatic heterocycles. The molecule has 0 aliphatic carbocycles. The van der Waals surface area contributed by atoms with Crippen LogP contribution < -0.4 is 5.32 Å². The van der Waals surface area contributed by atoms with Crippen LogP contribution in [0.2, 0.25) is 0 Å². The summed E-state index contributed by atoms with van der Waals surface area (Å²) in [5.41, 5.74) is 0. The van der Waals surface area contributed by atoms with E-state index in [2.05, 4.69) is 36.0 Å². The Morgan fingerprint density at radius 1 is 1.19 bits per heavy atom. The first kappa shape index (κ1) is 13.9. The quantitative estimate of drug-likeness (QED) is 0.630. The van der Waals surface area contributed by atoms with Gasteiger partial charge in [0.2, 0.25) is 0 Å². The number of rotatable bonds is 8. The van der Waals surface area contributed by atoms with Crippen LogP contribution in [-0.4, -0.2) is 62.7 Å². The Morgan fingerprint density at radius 3 is 2.50 bits per heavy atom. The molecule has 0 spiro atoms. The van der Waals surface area contributed by atoms with Gasteiger partial charge in [0.15, 0.2) is 0 Å². The lowest BCUT2D eigenvalue weighted by atomic mass is 10.2. The molecule has 0 aromatic carbocycles. The van der Waals surface area contributed by atoms with Crippen LogP contribution in [0.1, 0.15) is 26.7 Å². The number of nitrogens with zero attached hydrogens (tertiary/aromatic N) is 2. The first-order chi connectivity index (χ1) is 7.68. The fourth-order valence-electron chi connectivity index (χ4n) is 2.09. The third-order valence-electron chi connectivity index (χ3n) is 3.22. The van der Waals surface area contributed by atoms with E-state index in [1.165, 1.54) is 45.6 Å². The Labute approximate surface area is 101 Å². The number of likely N-dealkylation sites (tertiary alicyclic amines) is 1. The van der Waals surface area contributed by atoms with Gasteiger partial charge in [0, 0.05) is 26.2 Å². The average molecular weight is 227 g/mol. The van der Waals surface area contributed by atoms with Crippen LogP contribution in [0.5, 0.6) is 0 Å². The van der Waals surface area contributed by atoms with Crippen LogP contribution in [0.3, 0.4) is 0 Å². The highest BCUT2D eigenvalue weighted by Crippen LogP contribution is 2.06. The van der Waals surface area contributed by atoms with Gasteiger partial charge in [0.05, 0.1) is 0 Å². The van der Waals surface area contributed by atoms with E-state index in [0.717, 1.165) is 19.0 Å². The van der Waals surface area contributed by atoms with Gasteiger partial charge in [-0.25, -0.2) is 0 Å². The highest BCUT2D eigenvalue weighted by molar-refractivity contribution is 4.67. The van der Waals surface area contributed by atoms with E-state index < -0.39 is 0 Å². The molecule has 1 heterocycles. The van der Waals surface area contributed by atoms with Gasteiger partial charge in [-0.3, -0.25) is 0 Å². The van der Waals surface area contributed by atoms with Crippen LogP contribution in [0, 0.1) is 5.92 Å². The largest absolute Gasteiger partial charge is 0.315 e. The molecule has 16 heavy (non-hydrogen) atoms. The molecule has 0 aromatic rings. The SMILES string of the molecule is CC(C)CNCCN(C)CCN1CCCC1. The van der Waals surface area contributed by atoms with Gasteiger partial charge in [0.1, 0.15) is 0 Å². The van der Waals surface area contributed by atoms with Crippen molar-refractivity contribution in [1.29, 1.82) is 0 Å². The number of nitrogens with one attached hydrogen (secondary N) is 1. The van der Waals surface area contributed by atoms with Gasteiger partial charge < -0.3 is 15.1 Å². The molecule has 1 N–H and O–H groups in total. The van der Waals surface area contributed by atoms with Gasteiger partial charge in [-0.05, 0) is 45.4 Å². The number of likely N-dealkylation sites (N-methyl/N-ethyl adjacent to an activating group) is 1. The standard InChI is InChI=1S/C13H29N3/c1-13(2)12-14-6-9-15(3)10-11-16-7-4-5-8-16/h13-14H,4-12H2,1-3H3. The Kier molecular flexibility index (Phi) is 7.01. The van der Waals surface area contributed by atoms with Crippen LogP contribution in [0.25, 0.3) is 0 Å². The summed E-state index contributed by atoms with van der Waals surface area (Å²) in [4.78, 5) is 5.02. The monoisotopic (exact) mass is 227 g/mol. The first-order valence-electron chi connectivity index (χ1n) is 6.80. The summed E-state index contributed by atoms with van der Waals surface area (Å²) in [6.45, 7) is 13.0. The summed E-state index contributed by atoms with van der Waals surface area (Å²) in [5, 5.41) is 3.49. The highest BCUT2D eigenvalue weighted by Gasteiger charge is 2.11. The molecule has 1 aliphatic rings. The summed E-state index contributed by atoms with van der Waals surface area (Å²) in [6.07, 6.45) is 2.80. The second kappa shape index (κ2) is 8.04. The zero-order valence-corrected chi connectivity index (χ0v) is 11.3. The molecule has 96 valence electrons. The van der Waals surface area contributed by atoms with Gasteiger partial charge in [-0.1, -0.05) is 13.8 Å². The summed E-state index contributed by atoms with van der Waals surface area (Å²) in [5.74, 6) is 0.759. The molecule has 0 amide bonds. The first-order valence-corrected chi connectivity index (χ1v) is 6.80. The topological polar surface area (TPSA) is 18.5 Å².